The summed E-state index contributed by atoms with van der Waals surface area (Å²) < 4.78 is 0. The molecule has 0 unspecified atom stereocenters. The number of rotatable bonds is 5. The second-order valence-electron chi connectivity index (χ2n) is 6.69. The summed E-state index contributed by atoms with van der Waals surface area (Å²) in [5, 5.41) is 0. The molecule has 4 heteroatoms. The minimum absolute atomic E-state index is 0.513. The van der Waals surface area contributed by atoms with Gasteiger partial charge in [0.2, 0.25) is 5.96 Å². The Labute approximate surface area is 136 Å². The van der Waals surface area contributed by atoms with Gasteiger partial charge < -0.3 is 9.80 Å². The smallest absolute Gasteiger partial charge is 0.200 e. The van der Waals surface area contributed by atoms with Gasteiger partial charge in [0.15, 0.2) is 0 Å². The molecule has 0 saturated heterocycles. The third-order valence-corrected chi connectivity index (χ3v) is 3.69. The lowest BCUT2D eigenvalue weighted by Gasteiger charge is -2.31. The fourth-order valence-corrected chi connectivity index (χ4v) is 2.62. The predicted octanol–water partition coefficient (Wildman–Crippen LogP) is 3.42. The third-order valence-electron chi connectivity index (χ3n) is 3.69. The Balaban J connectivity index is 3.16. The Morgan fingerprint density at radius 1 is 0.909 bits per heavy atom. The molecule has 124 valence electrons. The summed E-state index contributed by atoms with van der Waals surface area (Å²) in [4.78, 5) is 11.4. The Hall–Kier alpha value is -1.55. The number of para-hydroxylation sites is 1. The van der Waals surface area contributed by atoms with Crippen molar-refractivity contribution in [1.29, 1.82) is 0 Å². The first-order valence-corrected chi connectivity index (χ1v) is 8.01. The van der Waals surface area contributed by atoms with Crippen LogP contribution in [-0.4, -0.2) is 60.9 Å². The van der Waals surface area contributed by atoms with Crippen molar-refractivity contribution < 1.29 is 0 Å². The lowest BCUT2D eigenvalue weighted by molar-refractivity contribution is 0.166. The second kappa shape index (κ2) is 8.18. The average molecular weight is 304 g/mol. The first-order chi connectivity index (χ1) is 10.2. The predicted molar refractivity (Wildman–Crippen MR) is 96.7 cm³/mol. The van der Waals surface area contributed by atoms with Crippen molar-refractivity contribution in [2.75, 3.05) is 28.2 Å². The van der Waals surface area contributed by atoms with Crippen molar-refractivity contribution in [3.63, 3.8) is 0 Å². The number of nitrogens with zero attached hydrogens (tertiary/aromatic N) is 4. The molecule has 0 atom stereocenters. The van der Waals surface area contributed by atoms with E-state index in [1.54, 1.807) is 0 Å². The molecule has 1 aromatic carbocycles. The molecule has 1 rings (SSSR count). The Bertz CT molecular complexity index is 472. The molecule has 0 heterocycles. The van der Waals surface area contributed by atoms with Gasteiger partial charge in [-0.15, -0.1) is 0 Å². The number of guanidine groups is 1. The highest BCUT2D eigenvalue weighted by Crippen LogP contribution is 2.23. The first kappa shape index (κ1) is 18.5. The van der Waals surface area contributed by atoms with E-state index in [0.717, 1.165) is 18.2 Å². The van der Waals surface area contributed by atoms with Gasteiger partial charge in [-0.3, -0.25) is 4.90 Å². The zero-order chi connectivity index (χ0) is 16.9. The maximum atomic E-state index is 4.87. The van der Waals surface area contributed by atoms with Gasteiger partial charge in [-0.2, -0.15) is 0 Å². The van der Waals surface area contributed by atoms with Gasteiger partial charge in [0.05, 0.1) is 5.69 Å². The van der Waals surface area contributed by atoms with Crippen LogP contribution in [-0.2, 0) is 6.54 Å². The lowest BCUT2D eigenvalue weighted by atomic mass is 10.1. The topological polar surface area (TPSA) is 22.1 Å². The summed E-state index contributed by atoms with van der Waals surface area (Å²) in [7, 11) is 8.10. The van der Waals surface area contributed by atoms with Crippen molar-refractivity contribution in [2.45, 2.75) is 46.3 Å². The first-order valence-electron chi connectivity index (χ1n) is 8.01. The number of benzene rings is 1. The highest BCUT2D eigenvalue weighted by molar-refractivity contribution is 5.82. The van der Waals surface area contributed by atoms with Crippen LogP contribution in [0.4, 0.5) is 5.69 Å². The summed E-state index contributed by atoms with van der Waals surface area (Å²) in [6.45, 7) is 9.91. The summed E-state index contributed by atoms with van der Waals surface area (Å²) in [6, 6.07) is 9.46. The molecule has 0 fully saturated rings. The molecular formula is C18H32N4. The molecule has 0 saturated carbocycles. The van der Waals surface area contributed by atoms with Crippen molar-refractivity contribution in [2.24, 2.45) is 4.99 Å². The van der Waals surface area contributed by atoms with Gasteiger partial charge in [0, 0.05) is 46.8 Å². The van der Waals surface area contributed by atoms with Gasteiger partial charge in [-0.1, -0.05) is 18.2 Å². The van der Waals surface area contributed by atoms with Crippen LogP contribution >= 0.6 is 0 Å². The molecular weight excluding hydrogens is 272 g/mol. The van der Waals surface area contributed by atoms with E-state index in [1.807, 2.05) is 38.0 Å². The van der Waals surface area contributed by atoms with E-state index in [-0.39, 0.29) is 0 Å². The zero-order valence-electron chi connectivity index (χ0n) is 15.5. The van der Waals surface area contributed by atoms with E-state index in [0.29, 0.717) is 12.1 Å². The molecule has 0 amide bonds. The average Bonchev–Trinajstić information content (AvgIpc) is 2.41. The summed E-state index contributed by atoms with van der Waals surface area (Å²) in [6.07, 6.45) is 0. The minimum Gasteiger partial charge on any atom is -0.349 e. The second-order valence-corrected chi connectivity index (χ2v) is 6.69. The normalized spacial score (nSPS) is 11.2. The van der Waals surface area contributed by atoms with Crippen molar-refractivity contribution in [1.82, 2.24) is 14.7 Å². The molecule has 22 heavy (non-hydrogen) atoms. The molecule has 1 aromatic rings. The van der Waals surface area contributed by atoms with Crippen molar-refractivity contribution >= 4 is 11.6 Å². The SMILES string of the molecule is CC(C)N(Cc1ccccc1N=C(N(C)C)N(C)C)C(C)C. The van der Waals surface area contributed by atoms with Crippen molar-refractivity contribution in [3.8, 4) is 0 Å². The standard InChI is InChI=1S/C18H32N4/c1-14(2)22(15(3)4)13-16-11-9-10-12-17(16)19-18(20(5)6)21(7)8/h9-12,14-15H,13H2,1-8H3. The fourth-order valence-electron chi connectivity index (χ4n) is 2.62. The van der Waals surface area contributed by atoms with Crippen LogP contribution in [0.15, 0.2) is 29.3 Å². The van der Waals surface area contributed by atoms with E-state index in [2.05, 4.69) is 56.9 Å². The van der Waals surface area contributed by atoms with E-state index in [4.69, 9.17) is 4.99 Å². The van der Waals surface area contributed by atoms with E-state index >= 15 is 0 Å². The monoisotopic (exact) mass is 304 g/mol. The number of hydrogen-bond donors (Lipinski definition) is 0. The van der Waals surface area contributed by atoms with Crippen LogP contribution in [0.1, 0.15) is 33.3 Å². The summed E-state index contributed by atoms with van der Waals surface area (Å²) >= 11 is 0. The van der Waals surface area contributed by atoms with E-state index in [1.165, 1.54) is 5.56 Å². The highest BCUT2D eigenvalue weighted by atomic mass is 15.3. The van der Waals surface area contributed by atoms with Crippen LogP contribution in [0.3, 0.4) is 0 Å². The molecule has 0 aromatic heterocycles. The largest absolute Gasteiger partial charge is 0.349 e. The summed E-state index contributed by atoms with van der Waals surface area (Å²) in [5.41, 5.74) is 2.32. The van der Waals surface area contributed by atoms with Gasteiger partial charge >= 0.3 is 0 Å². The maximum absolute atomic E-state index is 4.87. The number of aliphatic imine (C=N–C) groups is 1. The Morgan fingerprint density at radius 3 is 1.86 bits per heavy atom. The van der Waals surface area contributed by atoms with Gasteiger partial charge in [-0.05, 0) is 39.3 Å². The quantitative estimate of drug-likeness (QED) is 0.615. The maximum Gasteiger partial charge on any atom is 0.200 e. The highest BCUT2D eigenvalue weighted by Gasteiger charge is 2.16. The molecule has 0 aliphatic carbocycles. The van der Waals surface area contributed by atoms with Crippen LogP contribution in [0, 0.1) is 0 Å². The van der Waals surface area contributed by atoms with E-state index < -0.39 is 0 Å². The van der Waals surface area contributed by atoms with Crippen LogP contribution in [0.5, 0.6) is 0 Å². The molecule has 4 nitrogen and oxygen atoms in total. The molecule has 0 spiro atoms. The van der Waals surface area contributed by atoms with Gasteiger partial charge in [-0.25, -0.2) is 4.99 Å². The number of hydrogen-bond acceptors (Lipinski definition) is 2. The van der Waals surface area contributed by atoms with Crippen LogP contribution in [0.2, 0.25) is 0 Å². The Kier molecular flexibility index (Phi) is 6.88. The van der Waals surface area contributed by atoms with Crippen LogP contribution < -0.4 is 0 Å². The fraction of sp³-hybridized carbons (Fsp3) is 0.611. The van der Waals surface area contributed by atoms with Gasteiger partial charge in [0.1, 0.15) is 0 Å². The van der Waals surface area contributed by atoms with E-state index in [9.17, 15) is 0 Å². The third kappa shape index (κ3) is 5.02. The molecule has 0 N–H and O–H groups in total. The summed E-state index contributed by atoms with van der Waals surface area (Å²) in [5.74, 6) is 0.952. The van der Waals surface area contributed by atoms with Crippen LogP contribution in [0.25, 0.3) is 0 Å². The van der Waals surface area contributed by atoms with Gasteiger partial charge in [0.25, 0.3) is 0 Å². The molecule has 0 aliphatic rings. The zero-order valence-corrected chi connectivity index (χ0v) is 15.5. The lowest BCUT2D eigenvalue weighted by Crippen LogP contribution is -2.36. The molecule has 0 aliphatic heterocycles. The minimum atomic E-state index is 0.513. The Morgan fingerprint density at radius 2 is 1.41 bits per heavy atom. The molecule has 0 bridgehead atoms. The molecule has 0 radical (unpaired) electrons. The van der Waals surface area contributed by atoms with Crippen molar-refractivity contribution in [3.05, 3.63) is 29.8 Å².